The number of fused-ring (bicyclic) bond motifs is 1. The van der Waals surface area contributed by atoms with Crippen molar-refractivity contribution in [1.29, 1.82) is 0 Å². The molecule has 4 rings (SSSR count). The third kappa shape index (κ3) is 3.92. The zero-order chi connectivity index (χ0) is 19.5. The Labute approximate surface area is 167 Å². The number of carbonyl (C=O) groups excluding carboxylic acids is 1. The Kier molecular flexibility index (Phi) is 4.87. The first-order valence-electron chi connectivity index (χ1n) is 8.83. The number of benzene rings is 3. The van der Waals surface area contributed by atoms with Crippen molar-refractivity contribution in [3.8, 4) is 11.4 Å². The van der Waals surface area contributed by atoms with Crippen molar-refractivity contribution in [3.05, 3.63) is 83.9 Å². The first-order chi connectivity index (χ1) is 13.6. The molecule has 1 heterocycles. The SMILES string of the molecule is Cc1cccc(C(=O)NC(=S)Nc2ccc(-c3nc4ccccc4[nH]3)cc2)c1. The summed E-state index contributed by atoms with van der Waals surface area (Å²) >= 11 is 5.25. The Morgan fingerprint density at radius 1 is 1.00 bits per heavy atom. The van der Waals surface area contributed by atoms with Gasteiger partial charge in [0.2, 0.25) is 0 Å². The zero-order valence-electron chi connectivity index (χ0n) is 15.2. The lowest BCUT2D eigenvalue weighted by Crippen LogP contribution is -2.34. The van der Waals surface area contributed by atoms with Gasteiger partial charge in [-0.05, 0) is 67.7 Å². The summed E-state index contributed by atoms with van der Waals surface area (Å²) < 4.78 is 0. The summed E-state index contributed by atoms with van der Waals surface area (Å²) in [5.41, 5.74) is 5.28. The highest BCUT2D eigenvalue weighted by atomic mass is 32.1. The molecule has 0 spiro atoms. The maximum atomic E-state index is 12.3. The van der Waals surface area contributed by atoms with E-state index in [-0.39, 0.29) is 11.0 Å². The molecule has 1 amide bonds. The quantitative estimate of drug-likeness (QED) is 0.448. The molecule has 0 radical (unpaired) electrons. The van der Waals surface area contributed by atoms with Gasteiger partial charge in [0.25, 0.3) is 5.91 Å². The number of thiocarbonyl (C=S) groups is 1. The third-order valence-electron chi connectivity index (χ3n) is 4.31. The number of amides is 1. The van der Waals surface area contributed by atoms with Crippen LogP contribution in [0.4, 0.5) is 5.69 Å². The van der Waals surface area contributed by atoms with E-state index in [9.17, 15) is 4.79 Å². The second-order valence-corrected chi connectivity index (χ2v) is 6.87. The van der Waals surface area contributed by atoms with Gasteiger partial charge in [0.05, 0.1) is 11.0 Å². The minimum Gasteiger partial charge on any atom is -0.338 e. The van der Waals surface area contributed by atoms with E-state index in [0.29, 0.717) is 5.56 Å². The summed E-state index contributed by atoms with van der Waals surface area (Å²) in [5.74, 6) is 0.572. The fourth-order valence-corrected chi connectivity index (χ4v) is 3.14. The monoisotopic (exact) mass is 386 g/mol. The summed E-state index contributed by atoms with van der Waals surface area (Å²) in [5, 5.41) is 5.98. The smallest absolute Gasteiger partial charge is 0.257 e. The van der Waals surface area contributed by atoms with Gasteiger partial charge in [0, 0.05) is 16.8 Å². The van der Waals surface area contributed by atoms with Gasteiger partial charge >= 0.3 is 0 Å². The number of hydrogen-bond donors (Lipinski definition) is 3. The van der Waals surface area contributed by atoms with Crippen molar-refractivity contribution in [2.75, 3.05) is 5.32 Å². The minimum absolute atomic E-state index is 0.236. The molecule has 4 aromatic rings. The van der Waals surface area contributed by atoms with Crippen molar-refractivity contribution in [2.45, 2.75) is 6.92 Å². The van der Waals surface area contributed by atoms with Gasteiger partial charge in [-0.15, -0.1) is 0 Å². The van der Waals surface area contributed by atoms with Crippen molar-refractivity contribution in [1.82, 2.24) is 15.3 Å². The Hall–Kier alpha value is -3.51. The second-order valence-electron chi connectivity index (χ2n) is 6.46. The van der Waals surface area contributed by atoms with Crippen LogP contribution in [0.15, 0.2) is 72.8 Å². The average Bonchev–Trinajstić information content (AvgIpc) is 3.12. The van der Waals surface area contributed by atoms with Crippen LogP contribution in [0.25, 0.3) is 22.4 Å². The number of hydrogen-bond acceptors (Lipinski definition) is 3. The van der Waals surface area contributed by atoms with E-state index in [1.54, 1.807) is 6.07 Å². The van der Waals surface area contributed by atoms with Crippen molar-refractivity contribution in [3.63, 3.8) is 0 Å². The van der Waals surface area contributed by atoms with Crippen LogP contribution in [-0.2, 0) is 0 Å². The van der Waals surface area contributed by atoms with Gasteiger partial charge in [0.1, 0.15) is 5.82 Å². The van der Waals surface area contributed by atoms with Gasteiger partial charge in [-0.2, -0.15) is 0 Å². The van der Waals surface area contributed by atoms with Gasteiger partial charge in [-0.1, -0.05) is 29.8 Å². The first-order valence-corrected chi connectivity index (χ1v) is 9.23. The molecule has 3 aromatic carbocycles. The number of aryl methyl sites for hydroxylation is 1. The largest absolute Gasteiger partial charge is 0.338 e. The average molecular weight is 386 g/mol. The molecular formula is C22H18N4OS. The van der Waals surface area contributed by atoms with E-state index in [1.807, 2.05) is 73.7 Å². The number of nitrogens with zero attached hydrogens (tertiary/aromatic N) is 1. The molecule has 5 nitrogen and oxygen atoms in total. The maximum absolute atomic E-state index is 12.3. The number of nitrogens with one attached hydrogen (secondary N) is 3. The van der Waals surface area contributed by atoms with E-state index in [0.717, 1.165) is 33.7 Å². The standard InChI is InChI=1S/C22H18N4OS/c1-14-5-4-6-16(13-14)21(27)26-22(28)23-17-11-9-15(10-12-17)20-24-18-7-2-3-8-19(18)25-20/h2-13H,1H3,(H,24,25)(H2,23,26,27,28). The molecule has 0 fully saturated rings. The number of rotatable bonds is 3. The Balaban J connectivity index is 1.42. The van der Waals surface area contributed by atoms with Crippen LogP contribution in [0, 0.1) is 6.92 Å². The normalized spacial score (nSPS) is 10.6. The van der Waals surface area contributed by atoms with E-state index in [1.165, 1.54) is 0 Å². The van der Waals surface area contributed by atoms with Crippen molar-refractivity contribution in [2.24, 2.45) is 0 Å². The number of carbonyl (C=O) groups is 1. The summed E-state index contributed by atoms with van der Waals surface area (Å²) in [6.45, 7) is 1.94. The highest BCUT2D eigenvalue weighted by Crippen LogP contribution is 2.22. The lowest BCUT2D eigenvalue weighted by Gasteiger charge is -2.10. The van der Waals surface area contributed by atoms with Crippen LogP contribution in [0.2, 0.25) is 0 Å². The molecule has 0 saturated carbocycles. The minimum atomic E-state index is -0.236. The molecule has 138 valence electrons. The molecule has 3 N–H and O–H groups in total. The lowest BCUT2D eigenvalue weighted by atomic mass is 10.1. The maximum Gasteiger partial charge on any atom is 0.257 e. The number of imidazole rings is 1. The molecule has 0 aliphatic carbocycles. The van der Waals surface area contributed by atoms with Gasteiger partial charge < -0.3 is 10.3 Å². The van der Waals surface area contributed by atoms with Gasteiger partial charge in [-0.3, -0.25) is 10.1 Å². The highest BCUT2D eigenvalue weighted by molar-refractivity contribution is 7.80. The Morgan fingerprint density at radius 2 is 1.79 bits per heavy atom. The fourth-order valence-electron chi connectivity index (χ4n) is 2.92. The van der Waals surface area contributed by atoms with E-state index < -0.39 is 0 Å². The van der Waals surface area contributed by atoms with Crippen LogP contribution in [0.5, 0.6) is 0 Å². The second kappa shape index (κ2) is 7.62. The molecule has 6 heteroatoms. The topological polar surface area (TPSA) is 69.8 Å². The lowest BCUT2D eigenvalue weighted by molar-refractivity contribution is 0.0977. The summed E-state index contributed by atoms with van der Waals surface area (Å²) in [6.07, 6.45) is 0. The Bertz CT molecular complexity index is 1130. The third-order valence-corrected chi connectivity index (χ3v) is 4.52. The predicted octanol–water partition coefficient (Wildman–Crippen LogP) is 4.67. The zero-order valence-corrected chi connectivity index (χ0v) is 16.0. The molecular weight excluding hydrogens is 368 g/mol. The molecule has 1 aromatic heterocycles. The molecule has 0 bridgehead atoms. The fraction of sp³-hybridized carbons (Fsp3) is 0.0455. The number of aromatic amines is 1. The summed E-state index contributed by atoms with van der Waals surface area (Å²) in [4.78, 5) is 20.2. The molecule has 0 unspecified atom stereocenters. The van der Waals surface area contributed by atoms with Crippen molar-refractivity contribution < 1.29 is 4.79 Å². The summed E-state index contributed by atoms with van der Waals surface area (Å²) in [7, 11) is 0. The Morgan fingerprint density at radius 3 is 2.54 bits per heavy atom. The van der Waals surface area contributed by atoms with Crippen molar-refractivity contribution >= 4 is 40.0 Å². The molecule has 28 heavy (non-hydrogen) atoms. The summed E-state index contributed by atoms with van der Waals surface area (Å²) in [6, 6.07) is 23.0. The first kappa shape index (κ1) is 17.9. The van der Waals surface area contributed by atoms with Crippen LogP contribution in [0.1, 0.15) is 15.9 Å². The molecule has 0 saturated heterocycles. The van der Waals surface area contributed by atoms with Crippen LogP contribution in [-0.4, -0.2) is 21.0 Å². The number of aromatic nitrogens is 2. The number of para-hydroxylation sites is 2. The van der Waals surface area contributed by atoms with E-state index in [4.69, 9.17) is 12.2 Å². The van der Waals surface area contributed by atoms with Gasteiger partial charge in [-0.25, -0.2) is 4.98 Å². The van der Waals surface area contributed by atoms with E-state index >= 15 is 0 Å². The number of anilines is 1. The highest BCUT2D eigenvalue weighted by Gasteiger charge is 2.09. The predicted molar refractivity (Wildman–Crippen MR) is 116 cm³/mol. The molecule has 0 aliphatic rings. The molecule has 0 aliphatic heterocycles. The van der Waals surface area contributed by atoms with E-state index in [2.05, 4.69) is 20.6 Å². The molecule has 0 atom stereocenters. The van der Waals surface area contributed by atoms with Crippen LogP contribution in [0.3, 0.4) is 0 Å². The van der Waals surface area contributed by atoms with Crippen LogP contribution >= 0.6 is 12.2 Å². The van der Waals surface area contributed by atoms with Crippen LogP contribution < -0.4 is 10.6 Å². The van der Waals surface area contributed by atoms with Gasteiger partial charge in [0.15, 0.2) is 5.11 Å². The number of H-pyrrole nitrogens is 1.